The van der Waals surface area contributed by atoms with Crippen LogP contribution in [0.5, 0.6) is 11.5 Å². The number of ketones is 1. The number of Topliss-reactive ketones (excluding diaryl/α,β-unsaturated/α-hetero) is 1. The molecule has 5 rings (SSSR count). The summed E-state index contributed by atoms with van der Waals surface area (Å²) in [6.45, 7) is 2.84. The number of likely N-dealkylation sites (tertiary alicyclic amines) is 1. The molecule has 3 aliphatic rings. The van der Waals surface area contributed by atoms with Crippen molar-refractivity contribution in [3.63, 3.8) is 0 Å². The van der Waals surface area contributed by atoms with Gasteiger partial charge >= 0.3 is 0 Å². The van der Waals surface area contributed by atoms with Gasteiger partial charge in [0.2, 0.25) is 5.91 Å². The van der Waals surface area contributed by atoms with Crippen LogP contribution in [0.15, 0.2) is 42.5 Å². The van der Waals surface area contributed by atoms with E-state index in [1.165, 1.54) is 0 Å². The number of carbonyl (C=O) groups is 2. The van der Waals surface area contributed by atoms with E-state index in [0.29, 0.717) is 31.1 Å². The summed E-state index contributed by atoms with van der Waals surface area (Å²) in [6.07, 6.45) is 2.22. The number of amides is 1. The van der Waals surface area contributed by atoms with Crippen molar-refractivity contribution in [2.75, 3.05) is 45.4 Å². The Kier molecular flexibility index (Phi) is 6.54. The van der Waals surface area contributed by atoms with E-state index in [9.17, 15) is 9.59 Å². The number of benzene rings is 2. The molecule has 0 bridgehead atoms. The molecule has 1 amide bonds. The topological polar surface area (TPSA) is 71.1 Å². The zero-order valence-electron chi connectivity index (χ0n) is 19.0. The maximum atomic E-state index is 13.1. The van der Waals surface area contributed by atoms with Gasteiger partial charge in [-0.1, -0.05) is 18.2 Å². The molecule has 0 aromatic heterocycles. The minimum absolute atomic E-state index is 0. The average molecular weight is 472 g/mol. The molecule has 33 heavy (non-hydrogen) atoms. The number of halogens is 1. The number of hydrogen-bond acceptors (Lipinski definition) is 6. The molecule has 2 aliphatic heterocycles. The highest BCUT2D eigenvalue weighted by atomic mass is 35.5. The summed E-state index contributed by atoms with van der Waals surface area (Å²) >= 11 is 0. The van der Waals surface area contributed by atoms with Crippen LogP contribution in [0.1, 0.15) is 28.8 Å². The molecule has 0 radical (unpaired) electrons. The summed E-state index contributed by atoms with van der Waals surface area (Å²) in [5.41, 5.74) is 2.34. The first-order valence-corrected chi connectivity index (χ1v) is 11.2. The lowest BCUT2D eigenvalue weighted by molar-refractivity contribution is -0.125. The SMILES string of the molecule is COc1cc2c(cc1OC)C(=O)C(CN1CCC3(CC1)C(=O)NCN3c1ccccc1)C2.Cl. The second-order valence-electron chi connectivity index (χ2n) is 8.89. The smallest absolute Gasteiger partial charge is 0.247 e. The third-order valence-electron chi connectivity index (χ3n) is 7.28. The lowest BCUT2D eigenvalue weighted by Crippen LogP contribution is -2.57. The molecule has 0 saturated carbocycles. The van der Waals surface area contributed by atoms with Crippen LogP contribution in [-0.4, -0.2) is 62.7 Å². The number of rotatable bonds is 5. The number of hydrogen-bond donors (Lipinski definition) is 1. The van der Waals surface area contributed by atoms with Crippen molar-refractivity contribution < 1.29 is 19.1 Å². The molecule has 1 aliphatic carbocycles. The maximum absolute atomic E-state index is 13.1. The lowest BCUT2D eigenvalue weighted by Gasteiger charge is -2.43. The molecule has 176 valence electrons. The molecule has 2 fully saturated rings. The minimum atomic E-state index is -0.499. The predicted octanol–water partition coefficient (Wildman–Crippen LogP) is 2.91. The van der Waals surface area contributed by atoms with Crippen molar-refractivity contribution in [1.82, 2.24) is 10.2 Å². The Balaban J connectivity index is 0.00000259. The van der Waals surface area contributed by atoms with E-state index < -0.39 is 5.54 Å². The highest BCUT2D eigenvalue weighted by Crippen LogP contribution is 2.39. The third kappa shape index (κ3) is 3.93. The van der Waals surface area contributed by atoms with E-state index in [1.54, 1.807) is 14.2 Å². The summed E-state index contributed by atoms with van der Waals surface area (Å²) in [7, 11) is 3.20. The largest absolute Gasteiger partial charge is 0.493 e. The van der Waals surface area contributed by atoms with E-state index in [0.717, 1.165) is 42.7 Å². The van der Waals surface area contributed by atoms with Crippen molar-refractivity contribution in [2.45, 2.75) is 24.8 Å². The van der Waals surface area contributed by atoms with E-state index >= 15 is 0 Å². The molecule has 1 N–H and O–H groups in total. The van der Waals surface area contributed by atoms with Gasteiger partial charge in [0.1, 0.15) is 5.54 Å². The number of ether oxygens (including phenoxy) is 2. The average Bonchev–Trinajstić information content (AvgIpc) is 3.31. The fourth-order valence-electron chi connectivity index (χ4n) is 5.49. The molecule has 1 atom stereocenters. The van der Waals surface area contributed by atoms with E-state index in [2.05, 4.69) is 27.2 Å². The van der Waals surface area contributed by atoms with Crippen LogP contribution in [0.2, 0.25) is 0 Å². The van der Waals surface area contributed by atoms with Crippen molar-refractivity contribution in [3.8, 4) is 11.5 Å². The standard InChI is InChI=1S/C25H29N3O4.ClH/c1-31-21-13-17-12-18(23(29)20(17)14-22(21)32-2)15-27-10-8-25(9-11-27)24(30)26-16-28(25)19-6-4-3-5-7-19;/h3-7,13-14,18H,8-12,15-16H2,1-2H3,(H,26,30);1H. The molecule has 2 saturated heterocycles. The van der Waals surface area contributed by atoms with E-state index in [4.69, 9.17) is 9.47 Å². The molecular weight excluding hydrogens is 442 g/mol. The first kappa shape index (κ1) is 23.4. The molecule has 8 heteroatoms. The van der Waals surface area contributed by atoms with E-state index in [1.807, 2.05) is 30.3 Å². The Morgan fingerprint density at radius 2 is 1.70 bits per heavy atom. The fraction of sp³-hybridized carbons (Fsp3) is 0.440. The van der Waals surface area contributed by atoms with Gasteiger partial charge in [-0.2, -0.15) is 0 Å². The van der Waals surface area contributed by atoms with Gasteiger partial charge in [-0.15, -0.1) is 12.4 Å². The number of carbonyl (C=O) groups excluding carboxylic acids is 2. The second kappa shape index (κ2) is 9.23. The molecule has 2 aromatic rings. The van der Waals surface area contributed by atoms with E-state index in [-0.39, 0.29) is 30.0 Å². The number of piperidine rings is 1. The molecule has 1 spiro atoms. The molecule has 2 heterocycles. The van der Waals surface area contributed by atoms with Crippen LogP contribution in [-0.2, 0) is 11.2 Å². The van der Waals surface area contributed by atoms with Crippen LogP contribution in [0.25, 0.3) is 0 Å². The van der Waals surface area contributed by atoms with Gasteiger partial charge in [-0.05, 0) is 49.1 Å². The fourth-order valence-corrected chi connectivity index (χ4v) is 5.49. The zero-order chi connectivity index (χ0) is 22.3. The maximum Gasteiger partial charge on any atom is 0.247 e. The molecule has 1 unspecified atom stereocenters. The van der Waals surface area contributed by atoms with Gasteiger partial charge in [0.15, 0.2) is 17.3 Å². The van der Waals surface area contributed by atoms with Crippen molar-refractivity contribution in [3.05, 3.63) is 53.6 Å². The van der Waals surface area contributed by atoms with Crippen molar-refractivity contribution >= 4 is 29.8 Å². The van der Waals surface area contributed by atoms with Crippen LogP contribution < -0.4 is 19.7 Å². The Bertz CT molecular complexity index is 1040. The van der Waals surface area contributed by atoms with Crippen LogP contribution in [0.4, 0.5) is 5.69 Å². The number of para-hydroxylation sites is 1. The Labute approximate surface area is 200 Å². The van der Waals surface area contributed by atoms with Gasteiger partial charge < -0.3 is 24.6 Å². The first-order chi connectivity index (χ1) is 15.6. The minimum Gasteiger partial charge on any atom is -0.493 e. The van der Waals surface area contributed by atoms with Gasteiger partial charge in [0.05, 0.1) is 20.9 Å². The second-order valence-corrected chi connectivity index (χ2v) is 8.89. The third-order valence-corrected chi connectivity index (χ3v) is 7.28. The number of nitrogens with zero attached hydrogens (tertiary/aromatic N) is 2. The summed E-state index contributed by atoms with van der Waals surface area (Å²) in [5, 5.41) is 3.05. The predicted molar refractivity (Wildman–Crippen MR) is 129 cm³/mol. The van der Waals surface area contributed by atoms with Crippen molar-refractivity contribution in [2.24, 2.45) is 5.92 Å². The normalized spacial score (nSPS) is 21.5. The highest BCUT2D eigenvalue weighted by Gasteiger charge is 2.50. The molecule has 2 aromatic carbocycles. The number of fused-ring (bicyclic) bond motifs is 1. The van der Waals surface area contributed by atoms with Gasteiger partial charge in [-0.3, -0.25) is 9.59 Å². The zero-order valence-corrected chi connectivity index (χ0v) is 19.8. The Hall–Kier alpha value is -2.77. The van der Waals surface area contributed by atoms with Crippen molar-refractivity contribution in [1.29, 1.82) is 0 Å². The lowest BCUT2D eigenvalue weighted by atomic mass is 9.85. The monoisotopic (exact) mass is 471 g/mol. The molecule has 7 nitrogen and oxygen atoms in total. The van der Waals surface area contributed by atoms with Crippen LogP contribution >= 0.6 is 12.4 Å². The van der Waals surface area contributed by atoms with Crippen LogP contribution in [0.3, 0.4) is 0 Å². The van der Waals surface area contributed by atoms with Crippen LogP contribution in [0, 0.1) is 5.92 Å². The number of anilines is 1. The highest BCUT2D eigenvalue weighted by molar-refractivity contribution is 6.03. The molecular formula is C25H30ClN3O4. The summed E-state index contributed by atoms with van der Waals surface area (Å²) < 4.78 is 10.8. The Morgan fingerprint density at radius 1 is 1.03 bits per heavy atom. The number of nitrogens with one attached hydrogen (secondary N) is 1. The van der Waals surface area contributed by atoms with Gasteiger partial charge in [-0.25, -0.2) is 0 Å². The summed E-state index contributed by atoms with van der Waals surface area (Å²) in [4.78, 5) is 30.5. The number of methoxy groups -OCH3 is 2. The first-order valence-electron chi connectivity index (χ1n) is 11.2. The summed E-state index contributed by atoms with van der Waals surface area (Å²) in [6, 6.07) is 13.9. The summed E-state index contributed by atoms with van der Waals surface area (Å²) in [5.74, 6) is 1.47. The quantitative estimate of drug-likeness (QED) is 0.723. The Morgan fingerprint density at radius 3 is 2.36 bits per heavy atom. The van der Waals surface area contributed by atoms with Gasteiger partial charge in [0.25, 0.3) is 0 Å². The van der Waals surface area contributed by atoms with Gasteiger partial charge in [0, 0.05) is 36.8 Å².